The molecule has 1 aliphatic heterocycles. The Balaban J connectivity index is 1.75. The number of anilines is 1. The molecular formula is C17H24N4O. The van der Waals surface area contributed by atoms with Crippen LogP contribution in [0.2, 0.25) is 0 Å². The molecule has 0 amide bonds. The molecule has 0 aliphatic carbocycles. The molecule has 0 saturated carbocycles. The summed E-state index contributed by atoms with van der Waals surface area (Å²) in [4.78, 5) is 9.01. The summed E-state index contributed by atoms with van der Waals surface area (Å²) in [5.74, 6) is 1.31. The van der Waals surface area contributed by atoms with Gasteiger partial charge in [-0.2, -0.15) is 4.98 Å². The van der Waals surface area contributed by atoms with Crippen LogP contribution >= 0.6 is 0 Å². The number of hydrogen-bond donors (Lipinski definition) is 0. The minimum absolute atomic E-state index is 0.119. The summed E-state index contributed by atoms with van der Waals surface area (Å²) in [6.45, 7) is 4.37. The Morgan fingerprint density at radius 2 is 1.77 bits per heavy atom. The van der Waals surface area contributed by atoms with Crippen LogP contribution in [0.1, 0.15) is 38.1 Å². The van der Waals surface area contributed by atoms with Gasteiger partial charge in [-0.05, 0) is 64.5 Å². The Kier molecular flexibility index (Phi) is 4.43. The third-order valence-electron chi connectivity index (χ3n) is 4.42. The van der Waals surface area contributed by atoms with Gasteiger partial charge in [0.1, 0.15) is 0 Å². The van der Waals surface area contributed by atoms with E-state index < -0.39 is 0 Å². The normalized spacial score (nSPS) is 17.0. The van der Waals surface area contributed by atoms with Crippen molar-refractivity contribution in [3.05, 3.63) is 30.2 Å². The number of nitrogens with zero attached hydrogens (tertiary/aromatic N) is 4. The van der Waals surface area contributed by atoms with Crippen molar-refractivity contribution in [1.29, 1.82) is 0 Å². The van der Waals surface area contributed by atoms with Crippen molar-refractivity contribution in [2.24, 2.45) is 0 Å². The average molecular weight is 300 g/mol. The third-order valence-corrected chi connectivity index (χ3v) is 4.42. The fourth-order valence-electron chi connectivity index (χ4n) is 2.72. The minimum Gasteiger partial charge on any atom is -0.372 e. The highest BCUT2D eigenvalue weighted by Crippen LogP contribution is 2.25. The van der Waals surface area contributed by atoms with Crippen molar-refractivity contribution in [2.45, 2.75) is 32.2 Å². The predicted octanol–water partition coefficient (Wildman–Crippen LogP) is 3.35. The van der Waals surface area contributed by atoms with Crippen molar-refractivity contribution in [2.75, 3.05) is 32.1 Å². The molecule has 1 saturated heterocycles. The van der Waals surface area contributed by atoms with Gasteiger partial charge in [-0.3, -0.25) is 4.90 Å². The average Bonchev–Trinajstić information content (AvgIpc) is 3.05. The maximum absolute atomic E-state index is 5.38. The molecule has 0 unspecified atom stereocenters. The second kappa shape index (κ2) is 6.48. The van der Waals surface area contributed by atoms with Crippen molar-refractivity contribution < 1.29 is 4.52 Å². The SMILES string of the molecule is C[C@H](c1nc(-c2ccc(N3CCCCC3)cc2)no1)N(C)C. The lowest BCUT2D eigenvalue weighted by Crippen LogP contribution is -2.29. The number of rotatable bonds is 4. The van der Waals surface area contributed by atoms with Crippen LogP contribution in [0.3, 0.4) is 0 Å². The molecule has 1 aromatic heterocycles. The number of aromatic nitrogens is 2. The van der Waals surface area contributed by atoms with E-state index in [4.69, 9.17) is 4.52 Å². The summed E-state index contributed by atoms with van der Waals surface area (Å²) >= 11 is 0. The number of piperidine rings is 1. The van der Waals surface area contributed by atoms with E-state index in [-0.39, 0.29) is 6.04 Å². The molecule has 22 heavy (non-hydrogen) atoms. The molecule has 0 bridgehead atoms. The molecule has 5 nitrogen and oxygen atoms in total. The smallest absolute Gasteiger partial charge is 0.244 e. The van der Waals surface area contributed by atoms with Crippen molar-refractivity contribution in [3.8, 4) is 11.4 Å². The lowest BCUT2D eigenvalue weighted by molar-refractivity contribution is 0.245. The molecule has 1 aromatic carbocycles. The van der Waals surface area contributed by atoms with Gasteiger partial charge in [-0.25, -0.2) is 0 Å². The van der Waals surface area contributed by atoms with E-state index in [1.165, 1.54) is 24.9 Å². The number of hydrogen-bond acceptors (Lipinski definition) is 5. The van der Waals surface area contributed by atoms with E-state index >= 15 is 0 Å². The molecule has 2 aromatic rings. The fourth-order valence-corrected chi connectivity index (χ4v) is 2.72. The van der Waals surface area contributed by atoms with Gasteiger partial charge in [0.25, 0.3) is 0 Å². The van der Waals surface area contributed by atoms with Crippen LogP contribution in [0.4, 0.5) is 5.69 Å². The van der Waals surface area contributed by atoms with E-state index in [9.17, 15) is 0 Å². The Bertz CT molecular complexity index is 599. The highest BCUT2D eigenvalue weighted by Gasteiger charge is 2.17. The van der Waals surface area contributed by atoms with Gasteiger partial charge in [-0.15, -0.1) is 0 Å². The molecule has 118 valence electrons. The molecule has 5 heteroatoms. The van der Waals surface area contributed by atoms with Gasteiger partial charge >= 0.3 is 0 Å². The molecule has 1 atom stereocenters. The van der Waals surface area contributed by atoms with E-state index in [1.54, 1.807) is 0 Å². The van der Waals surface area contributed by atoms with Crippen LogP contribution in [-0.2, 0) is 0 Å². The van der Waals surface area contributed by atoms with Crippen LogP contribution in [0.25, 0.3) is 11.4 Å². The summed E-state index contributed by atoms with van der Waals surface area (Å²) in [7, 11) is 4.00. The molecule has 1 aliphatic rings. The molecule has 0 radical (unpaired) electrons. The van der Waals surface area contributed by atoms with E-state index in [0.717, 1.165) is 18.7 Å². The molecule has 2 heterocycles. The topological polar surface area (TPSA) is 45.4 Å². The van der Waals surface area contributed by atoms with Crippen molar-refractivity contribution in [1.82, 2.24) is 15.0 Å². The molecule has 3 rings (SSSR count). The first-order chi connectivity index (χ1) is 10.6. The summed E-state index contributed by atoms with van der Waals surface area (Å²) in [6.07, 6.45) is 3.93. The third kappa shape index (κ3) is 3.14. The van der Waals surface area contributed by atoms with Crippen molar-refractivity contribution >= 4 is 5.69 Å². The summed E-state index contributed by atoms with van der Waals surface area (Å²) in [5.41, 5.74) is 2.29. The lowest BCUT2D eigenvalue weighted by atomic mass is 10.1. The first-order valence-electron chi connectivity index (χ1n) is 8.00. The zero-order valence-corrected chi connectivity index (χ0v) is 13.6. The van der Waals surface area contributed by atoms with Crippen LogP contribution < -0.4 is 4.90 Å². The quantitative estimate of drug-likeness (QED) is 0.866. The van der Waals surface area contributed by atoms with E-state index in [0.29, 0.717) is 11.7 Å². The second-order valence-corrected chi connectivity index (χ2v) is 6.19. The van der Waals surface area contributed by atoms with Gasteiger partial charge in [-0.1, -0.05) is 5.16 Å². The number of benzene rings is 1. The Hall–Kier alpha value is -1.88. The van der Waals surface area contributed by atoms with Crippen LogP contribution in [-0.4, -0.2) is 42.2 Å². The summed E-state index contributed by atoms with van der Waals surface area (Å²) < 4.78 is 5.38. The molecule has 0 spiro atoms. The standard InChI is InChI=1S/C17H24N4O/c1-13(20(2)3)17-18-16(19-22-17)14-7-9-15(10-8-14)21-11-5-4-6-12-21/h7-10,13H,4-6,11-12H2,1-3H3/t13-/m1/s1. The van der Waals surface area contributed by atoms with Gasteiger partial charge in [0.15, 0.2) is 0 Å². The Morgan fingerprint density at radius 1 is 1.09 bits per heavy atom. The van der Waals surface area contributed by atoms with Gasteiger partial charge in [0.2, 0.25) is 11.7 Å². The van der Waals surface area contributed by atoms with Crippen LogP contribution in [0.5, 0.6) is 0 Å². The lowest BCUT2D eigenvalue weighted by Gasteiger charge is -2.28. The highest BCUT2D eigenvalue weighted by atomic mass is 16.5. The van der Waals surface area contributed by atoms with Gasteiger partial charge < -0.3 is 9.42 Å². The Labute approximate surface area is 131 Å². The summed E-state index contributed by atoms with van der Waals surface area (Å²) in [6, 6.07) is 8.60. The first kappa shape index (κ1) is 15.0. The minimum atomic E-state index is 0.119. The summed E-state index contributed by atoms with van der Waals surface area (Å²) in [5, 5.41) is 4.11. The fraction of sp³-hybridized carbons (Fsp3) is 0.529. The Morgan fingerprint density at radius 3 is 2.41 bits per heavy atom. The molecular weight excluding hydrogens is 276 g/mol. The van der Waals surface area contributed by atoms with Crippen LogP contribution in [0.15, 0.2) is 28.8 Å². The van der Waals surface area contributed by atoms with Crippen LogP contribution in [0, 0.1) is 0 Å². The van der Waals surface area contributed by atoms with Crippen molar-refractivity contribution in [3.63, 3.8) is 0 Å². The highest BCUT2D eigenvalue weighted by molar-refractivity contribution is 5.60. The zero-order chi connectivity index (χ0) is 15.5. The molecule has 0 N–H and O–H groups in total. The van der Waals surface area contributed by atoms with E-state index in [1.807, 2.05) is 14.1 Å². The van der Waals surface area contributed by atoms with E-state index in [2.05, 4.69) is 51.1 Å². The second-order valence-electron chi connectivity index (χ2n) is 6.19. The maximum atomic E-state index is 5.38. The maximum Gasteiger partial charge on any atom is 0.244 e. The predicted molar refractivity (Wildman–Crippen MR) is 87.9 cm³/mol. The molecule has 1 fully saturated rings. The van der Waals surface area contributed by atoms with Gasteiger partial charge in [0.05, 0.1) is 6.04 Å². The largest absolute Gasteiger partial charge is 0.372 e. The first-order valence-corrected chi connectivity index (χ1v) is 8.00. The zero-order valence-electron chi connectivity index (χ0n) is 13.6. The monoisotopic (exact) mass is 300 g/mol. The van der Waals surface area contributed by atoms with Gasteiger partial charge in [0, 0.05) is 24.3 Å².